The van der Waals surface area contributed by atoms with Crippen molar-refractivity contribution in [2.45, 2.75) is 41.8 Å². The molecular weight excluding hydrogens is 422 g/mol. The molecule has 5 heterocycles. The van der Waals surface area contributed by atoms with E-state index in [1.807, 2.05) is 22.9 Å². The summed E-state index contributed by atoms with van der Waals surface area (Å²) >= 11 is 7.89. The third-order valence-corrected chi connectivity index (χ3v) is 7.91. The lowest BCUT2D eigenvalue weighted by molar-refractivity contribution is 0.0974. The zero-order chi connectivity index (χ0) is 20.9. The molecular formula is C20H24ClN7OS. The molecule has 2 aliphatic rings. The molecule has 0 aromatic carbocycles. The summed E-state index contributed by atoms with van der Waals surface area (Å²) in [5.74, 6) is 1.19. The standard InChI is InChI=1S/C20H24ClN7OS/c1-12-16(22)20(11-29-12)3-7-27(8-4-20)14-10-25-19(17(23)26-14)30-13-2-6-28-9-5-24-18(28)15(13)21/h2,5-6,9-10,12,16H,3-4,7-8,11,22H2,1H3,(H2,23,26)/t12-,16+/m0/s1. The van der Waals surface area contributed by atoms with Crippen molar-refractivity contribution in [3.8, 4) is 0 Å². The summed E-state index contributed by atoms with van der Waals surface area (Å²) < 4.78 is 7.68. The van der Waals surface area contributed by atoms with Crippen LogP contribution in [0.15, 0.2) is 40.8 Å². The van der Waals surface area contributed by atoms with Gasteiger partial charge in [-0.25, -0.2) is 15.0 Å². The van der Waals surface area contributed by atoms with Gasteiger partial charge in [-0.2, -0.15) is 0 Å². The van der Waals surface area contributed by atoms with Crippen molar-refractivity contribution < 1.29 is 4.74 Å². The first-order valence-corrected chi connectivity index (χ1v) is 11.2. The van der Waals surface area contributed by atoms with E-state index < -0.39 is 0 Å². The second kappa shape index (κ2) is 7.56. The van der Waals surface area contributed by atoms with Crippen molar-refractivity contribution in [3.05, 3.63) is 35.9 Å². The Hall–Kier alpha value is -2.07. The average Bonchev–Trinajstić information content (AvgIpc) is 3.34. The van der Waals surface area contributed by atoms with E-state index in [-0.39, 0.29) is 17.6 Å². The van der Waals surface area contributed by atoms with Crippen molar-refractivity contribution in [1.82, 2.24) is 19.4 Å². The van der Waals surface area contributed by atoms with Crippen LogP contribution in [0.5, 0.6) is 0 Å². The second-order valence-electron chi connectivity index (χ2n) is 8.06. The lowest BCUT2D eigenvalue weighted by Gasteiger charge is -2.41. The molecule has 2 saturated heterocycles. The minimum absolute atomic E-state index is 0.0763. The van der Waals surface area contributed by atoms with Gasteiger partial charge in [-0.15, -0.1) is 0 Å². The Morgan fingerprint density at radius 3 is 2.77 bits per heavy atom. The Morgan fingerprint density at radius 2 is 2.07 bits per heavy atom. The van der Waals surface area contributed by atoms with Gasteiger partial charge >= 0.3 is 0 Å². The fourth-order valence-corrected chi connectivity index (χ4v) is 5.48. The zero-order valence-corrected chi connectivity index (χ0v) is 18.2. The van der Waals surface area contributed by atoms with Gasteiger partial charge in [0.05, 0.1) is 23.9 Å². The summed E-state index contributed by atoms with van der Waals surface area (Å²) in [5, 5.41) is 1.20. The van der Waals surface area contributed by atoms with E-state index in [4.69, 9.17) is 27.8 Å². The van der Waals surface area contributed by atoms with Gasteiger partial charge in [0.2, 0.25) is 0 Å². The highest BCUT2D eigenvalue weighted by atomic mass is 35.5. The molecule has 10 heteroatoms. The van der Waals surface area contributed by atoms with E-state index in [1.165, 1.54) is 11.8 Å². The lowest BCUT2D eigenvalue weighted by atomic mass is 9.73. The Morgan fingerprint density at radius 1 is 1.27 bits per heavy atom. The maximum Gasteiger partial charge on any atom is 0.158 e. The number of piperidine rings is 1. The molecule has 0 saturated carbocycles. The highest BCUT2D eigenvalue weighted by Gasteiger charge is 2.47. The normalized spacial score (nSPS) is 23.5. The molecule has 0 amide bonds. The van der Waals surface area contributed by atoms with Gasteiger partial charge in [0.1, 0.15) is 10.8 Å². The molecule has 3 aromatic rings. The first-order valence-electron chi connectivity index (χ1n) is 10.0. The first-order chi connectivity index (χ1) is 14.5. The first kappa shape index (κ1) is 19.9. The van der Waals surface area contributed by atoms with Gasteiger partial charge in [-0.3, -0.25) is 0 Å². The molecule has 2 aliphatic heterocycles. The number of imidazole rings is 1. The van der Waals surface area contributed by atoms with E-state index in [0.29, 0.717) is 21.5 Å². The van der Waals surface area contributed by atoms with Gasteiger partial charge < -0.3 is 25.5 Å². The Labute approximate surface area is 184 Å². The van der Waals surface area contributed by atoms with Crippen LogP contribution in [0.3, 0.4) is 0 Å². The van der Waals surface area contributed by atoms with E-state index >= 15 is 0 Å². The molecule has 0 bridgehead atoms. The fourth-order valence-electron chi connectivity index (χ4n) is 4.39. The van der Waals surface area contributed by atoms with Crippen molar-refractivity contribution in [3.63, 3.8) is 0 Å². The minimum atomic E-state index is 0.0763. The smallest absolute Gasteiger partial charge is 0.158 e. The number of nitrogens with two attached hydrogens (primary N) is 2. The number of nitrogen functional groups attached to an aromatic ring is 1. The van der Waals surface area contributed by atoms with Gasteiger partial charge in [0, 0.05) is 48.0 Å². The molecule has 5 rings (SSSR count). The van der Waals surface area contributed by atoms with Gasteiger partial charge in [0.25, 0.3) is 0 Å². The van der Waals surface area contributed by atoms with Crippen molar-refractivity contribution in [1.29, 1.82) is 0 Å². The molecule has 158 valence electrons. The molecule has 1 spiro atoms. The van der Waals surface area contributed by atoms with Crippen molar-refractivity contribution in [2.24, 2.45) is 11.1 Å². The third kappa shape index (κ3) is 3.30. The Bertz CT molecular complexity index is 1080. The minimum Gasteiger partial charge on any atom is -0.381 e. The number of pyridine rings is 1. The largest absolute Gasteiger partial charge is 0.381 e. The van der Waals surface area contributed by atoms with Crippen LogP contribution in [0.1, 0.15) is 19.8 Å². The topological polar surface area (TPSA) is 108 Å². The maximum atomic E-state index is 6.50. The summed E-state index contributed by atoms with van der Waals surface area (Å²) in [6, 6.07) is 2.01. The highest BCUT2D eigenvalue weighted by Crippen LogP contribution is 2.42. The molecule has 3 aromatic heterocycles. The van der Waals surface area contributed by atoms with Crippen LogP contribution in [0, 0.1) is 5.41 Å². The third-order valence-electron chi connectivity index (χ3n) is 6.36. The van der Waals surface area contributed by atoms with Crippen LogP contribution in [-0.2, 0) is 4.74 Å². The number of fused-ring (bicyclic) bond motifs is 1. The van der Waals surface area contributed by atoms with E-state index in [0.717, 1.165) is 43.3 Å². The number of aromatic nitrogens is 4. The van der Waals surface area contributed by atoms with E-state index in [9.17, 15) is 0 Å². The van der Waals surface area contributed by atoms with E-state index in [2.05, 4.69) is 26.8 Å². The molecule has 0 radical (unpaired) electrons. The molecule has 8 nitrogen and oxygen atoms in total. The van der Waals surface area contributed by atoms with Crippen molar-refractivity contribution >= 4 is 40.6 Å². The van der Waals surface area contributed by atoms with Crippen LogP contribution in [-0.4, -0.2) is 51.2 Å². The number of ether oxygens (including phenoxy) is 1. The number of rotatable bonds is 3. The highest BCUT2D eigenvalue weighted by molar-refractivity contribution is 7.99. The lowest BCUT2D eigenvalue weighted by Crippen LogP contribution is -2.50. The number of anilines is 2. The summed E-state index contributed by atoms with van der Waals surface area (Å²) in [4.78, 5) is 16.5. The molecule has 2 atom stereocenters. The average molecular weight is 446 g/mol. The van der Waals surface area contributed by atoms with Crippen molar-refractivity contribution in [2.75, 3.05) is 30.3 Å². The Balaban J connectivity index is 1.31. The maximum absolute atomic E-state index is 6.50. The Kier molecular flexibility index (Phi) is 5.01. The van der Waals surface area contributed by atoms with E-state index in [1.54, 1.807) is 12.4 Å². The summed E-state index contributed by atoms with van der Waals surface area (Å²) in [7, 11) is 0. The molecule has 2 fully saturated rings. The second-order valence-corrected chi connectivity index (χ2v) is 9.47. The number of hydrogen-bond donors (Lipinski definition) is 2. The SMILES string of the molecule is C[C@@H]1OCC2(CCN(c3cnc(Sc4ccn5ccnc5c4Cl)c(N)n3)CC2)[C@@H]1N. The number of nitrogens with zero attached hydrogens (tertiary/aromatic N) is 5. The predicted molar refractivity (Wildman–Crippen MR) is 118 cm³/mol. The molecule has 30 heavy (non-hydrogen) atoms. The van der Waals surface area contributed by atoms with Gasteiger partial charge in [-0.05, 0) is 25.8 Å². The van der Waals surface area contributed by atoms with Crippen LogP contribution in [0.25, 0.3) is 5.65 Å². The monoisotopic (exact) mass is 445 g/mol. The molecule has 4 N–H and O–H groups in total. The summed E-state index contributed by atoms with van der Waals surface area (Å²) in [6.45, 7) is 4.54. The number of halogens is 1. The van der Waals surface area contributed by atoms with Crippen LogP contribution < -0.4 is 16.4 Å². The summed E-state index contributed by atoms with van der Waals surface area (Å²) in [6.07, 6.45) is 9.35. The quantitative estimate of drug-likeness (QED) is 0.633. The molecule has 0 unspecified atom stereocenters. The summed E-state index contributed by atoms with van der Waals surface area (Å²) in [5.41, 5.74) is 13.4. The van der Waals surface area contributed by atoms with Crippen LogP contribution in [0.2, 0.25) is 5.02 Å². The fraction of sp³-hybridized carbons (Fsp3) is 0.450. The zero-order valence-electron chi connectivity index (χ0n) is 16.7. The van der Waals surface area contributed by atoms with Crippen LogP contribution >= 0.6 is 23.4 Å². The molecule has 0 aliphatic carbocycles. The van der Waals surface area contributed by atoms with Crippen LogP contribution in [0.4, 0.5) is 11.6 Å². The van der Waals surface area contributed by atoms with Gasteiger partial charge in [0.15, 0.2) is 11.5 Å². The predicted octanol–water partition coefficient (Wildman–Crippen LogP) is 2.84. The van der Waals surface area contributed by atoms with Gasteiger partial charge in [-0.1, -0.05) is 23.4 Å². The number of hydrogen-bond acceptors (Lipinski definition) is 8.